The maximum absolute atomic E-state index is 13.7. The Bertz CT molecular complexity index is 1030. The van der Waals surface area contributed by atoms with Crippen LogP contribution in [0.25, 0.3) is 0 Å². The number of amides is 3. The van der Waals surface area contributed by atoms with Crippen LogP contribution in [0, 0.1) is 11.3 Å². The van der Waals surface area contributed by atoms with Gasteiger partial charge in [0.05, 0.1) is 12.5 Å². The Morgan fingerprint density at radius 1 is 1.30 bits per heavy atom. The first kappa shape index (κ1) is 28.6. The van der Waals surface area contributed by atoms with Crippen LogP contribution >= 0.6 is 0 Å². The van der Waals surface area contributed by atoms with Crippen LogP contribution in [-0.2, 0) is 11.2 Å². The predicted molar refractivity (Wildman–Crippen MR) is 134 cm³/mol. The van der Waals surface area contributed by atoms with Gasteiger partial charge in [0, 0.05) is 37.6 Å². The quantitative estimate of drug-likeness (QED) is 0.235. The molecule has 12 heteroatoms. The molecule has 0 radical (unpaired) electrons. The van der Waals surface area contributed by atoms with Crippen molar-refractivity contribution in [2.24, 2.45) is 0 Å². The molecule has 2 fully saturated rings. The molecule has 2 atom stereocenters. The molecule has 1 aromatic rings. The Kier molecular flexibility index (Phi) is 9.28. The Morgan fingerprint density at radius 2 is 2.00 bits per heavy atom. The van der Waals surface area contributed by atoms with E-state index in [2.05, 4.69) is 10.6 Å². The zero-order chi connectivity index (χ0) is 27.2. The van der Waals surface area contributed by atoms with Gasteiger partial charge in [0.25, 0.3) is 11.8 Å². The van der Waals surface area contributed by atoms with E-state index in [1.165, 1.54) is 11.0 Å². The summed E-state index contributed by atoms with van der Waals surface area (Å²) in [4.78, 5) is 28.7. The van der Waals surface area contributed by atoms with Gasteiger partial charge in [-0.1, -0.05) is 30.3 Å². The first-order valence-corrected chi connectivity index (χ1v) is 12.4. The summed E-state index contributed by atoms with van der Waals surface area (Å²) in [5.41, 5.74) is -0.212. The number of nitrogens with one attached hydrogen (secondary N) is 2. The number of rotatable bonds is 8. The molecule has 2 heterocycles. The first-order valence-electron chi connectivity index (χ1n) is 12.4. The van der Waals surface area contributed by atoms with Crippen LogP contribution in [0.2, 0.25) is 0 Å². The van der Waals surface area contributed by atoms with Crippen molar-refractivity contribution >= 4 is 19.1 Å². The molecule has 0 saturated carbocycles. The molecule has 4 N–H and O–H groups in total. The number of nitrogens with zero attached hydrogens (tertiary/aromatic N) is 3. The molecule has 2 aliphatic rings. The highest BCUT2D eigenvalue weighted by Crippen LogP contribution is 2.33. The third-order valence-corrected chi connectivity index (χ3v) is 6.85. The summed E-state index contributed by atoms with van der Waals surface area (Å²) in [6.07, 6.45) is 2.59. The zero-order valence-corrected chi connectivity index (χ0v) is 21.2. The number of carbonyl (C=O) groups excluding carboxylic acids is 2. The van der Waals surface area contributed by atoms with E-state index in [1.807, 2.05) is 36.4 Å². The van der Waals surface area contributed by atoms with Gasteiger partial charge in [-0.15, -0.1) is 0 Å². The van der Waals surface area contributed by atoms with E-state index < -0.39 is 49.0 Å². The topological polar surface area (TPSA) is 129 Å². The van der Waals surface area contributed by atoms with Crippen molar-refractivity contribution in [3.05, 3.63) is 47.5 Å². The number of carbonyl (C=O) groups is 2. The van der Waals surface area contributed by atoms with Gasteiger partial charge in [-0.3, -0.25) is 9.69 Å². The summed E-state index contributed by atoms with van der Waals surface area (Å²) >= 11 is 0. The number of benzene rings is 1. The molecule has 3 amide bonds. The first-order chi connectivity index (χ1) is 17.4. The number of hydrogen-bond donors (Lipinski definition) is 4. The Morgan fingerprint density at radius 3 is 2.59 bits per heavy atom. The van der Waals surface area contributed by atoms with Crippen molar-refractivity contribution in [3.63, 3.8) is 0 Å². The smallest absolute Gasteiger partial charge is 0.426 e. The summed E-state index contributed by atoms with van der Waals surface area (Å²) < 4.78 is 27.4. The van der Waals surface area contributed by atoms with E-state index in [-0.39, 0.29) is 31.5 Å². The van der Waals surface area contributed by atoms with Crippen LogP contribution in [0.3, 0.4) is 0 Å². The summed E-state index contributed by atoms with van der Waals surface area (Å²) in [6, 6.07) is 10.0. The third-order valence-electron chi connectivity index (χ3n) is 6.85. The molecule has 0 aliphatic carbocycles. The highest BCUT2D eigenvalue weighted by atomic mass is 19.3. The minimum Gasteiger partial charge on any atom is -0.426 e. The lowest BCUT2D eigenvalue weighted by molar-refractivity contribution is -0.128. The fourth-order valence-electron chi connectivity index (χ4n) is 4.76. The largest absolute Gasteiger partial charge is 0.475 e. The van der Waals surface area contributed by atoms with Gasteiger partial charge in [0.2, 0.25) is 0 Å². The number of piperidine rings is 1. The fourth-order valence-corrected chi connectivity index (χ4v) is 4.76. The molecule has 2 saturated heterocycles. The van der Waals surface area contributed by atoms with E-state index in [0.717, 1.165) is 5.56 Å². The Labute approximate surface area is 216 Å². The standard InChI is InChI=1S/C25H34BF2N5O4/c1-24(2,33-12-10-25(27,28)17-33)14-19(15-29)22(34)32-11-6-9-20(16-32)30-23(35)31-21(26(36)37)13-18-7-4-3-5-8-18/h3-5,7-8,14,20-21,36-37H,6,9-13,16-17H2,1-2H3,(H2,30,31,35)/t20-,21-/m0/s1. The second-order valence-electron chi connectivity index (χ2n) is 10.3. The zero-order valence-electron chi connectivity index (χ0n) is 21.2. The van der Waals surface area contributed by atoms with Crippen molar-refractivity contribution < 1.29 is 28.4 Å². The van der Waals surface area contributed by atoms with Gasteiger partial charge < -0.3 is 25.6 Å². The van der Waals surface area contributed by atoms with E-state index >= 15 is 0 Å². The maximum Gasteiger partial charge on any atom is 0.475 e. The van der Waals surface area contributed by atoms with Gasteiger partial charge >= 0.3 is 13.1 Å². The summed E-state index contributed by atoms with van der Waals surface area (Å²) in [5.74, 6) is -4.24. The molecule has 0 spiro atoms. The molecule has 37 heavy (non-hydrogen) atoms. The molecule has 9 nitrogen and oxygen atoms in total. The Balaban J connectivity index is 1.59. The van der Waals surface area contributed by atoms with Crippen LogP contribution in [-0.4, -0.2) is 88.5 Å². The number of nitriles is 1. The molecule has 3 rings (SSSR count). The van der Waals surface area contributed by atoms with Crippen molar-refractivity contribution in [2.45, 2.75) is 63.0 Å². The van der Waals surface area contributed by atoms with Crippen molar-refractivity contribution in [1.29, 1.82) is 5.26 Å². The highest BCUT2D eigenvalue weighted by molar-refractivity contribution is 6.43. The van der Waals surface area contributed by atoms with Crippen LogP contribution in [0.1, 0.15) is 38.7 Å². The number of likely N-dealkylation sites (tertiary alicyclic amines) is 2. The summed E-state index contributed by atoms with van der Waals surface area (Å²) in [7, 11) is -1.77. The van der Waals surface area contributed by atoms with Gasteiger partial charge in [0.15, 0.2) is 0 Å². The van der Waals surface area contributed by atoms with E-state index in [0.29, 0.717) is 19.4 Å². The number of alkyl halides is 2. The van der Waals surface area contributed by atoms with Crippen LogP contribution in [0.5, 0.6) is 0 Å². The number of hydrogen-bond acceptors (Lipinski definition) is 6. The van der Waals surface area contributed by atoms with Crippen molar-refractivity contribution in [2.75, 3.05) is 26.2 Å². The molecule has 0 unspecified atom stereocenters. The lowest BCUT2D eigenvalue weighted by Crippen LogP contribution is -2.56. The monoisotopic (exact) mass is 517 g/mol. The van der Waals surface area contributed by atoms with Gasteiger partial charge in [-0.25, -0.2) is 13.6 Å². The maximum atomic E-state index is 13.7. The lowest BCUT2D eigenvalue weighted by Gasteiger charge is -2.35. The molecule has 1 aromatic carbocycles. The average Bonchev–Trinajstić information content (AvgIpc) is 3.23. The molecule has 0 bridgehead atoms. The number of halogens is 2. The minimum absolute atomic E-state index is 0.128. The normalized spacial score (nSPS) is 21.2. The predicted octanol–water partition coefficient (Wildman–Crippen LogP) is 1.47. The second kappa shape index (κ2) is 12.0. The minimum atomic E-state index is -2.79. The fraction of sp³-hybridized carbons (Fsp3) is 0.560. The molecular formula is C25H34BF2N5O4. The van der Waals surface area contributed by atoms with Gasteiger partial charge in [-0.05, 0) is 44.7 Å². The third kappa shape index (κ3) is 7.99. The SMILES string of the molecule is CC(C)(C=C(C#N)C(=O)N1CCC[C@H](NC(=O)N[C@@H](Cc2ccccc2)B(O)O)C1)N1CCC(F)(F)C1. The van der Waals surface area contributed by atoms with E-state index in [4.69, 9.17) is 0 Å². The molecule has 0 aromatic heterocycles. The second-order valence-corrected chi connectivity index (χ2v) is 10.3. The van der Waals surface area contributed by atoms with Crippen LogP contribution in [0.4, 0.5) is 13.6 Å². The Hall–Kier alpha value is -3.01. The lowest BCUT2D eigenvalue weighted by atomic mass is 9.76. The van der Waals surface area contributed by atoms with Crippen molar-refractivity contribution in [1.82, 2.24) is 20.4 Å². The van der Waals surface area contributed by atoms with E-state index in [9.17, 15) is 33.7 Å². The van der Waals surface area contributed by atoms with Crippen LogP contribution < -0.4 is 10.6 Å². The van der Waals surface area contributed by atoms with Crippen molar-refractivity contribution in [3.8, 4) is 6.07 Å². The van der Waals surface area contributed by atoms with Gasteiger partial charge in [0.1, 0.15) is 11.6 Å². The molecular weight excluding hydrogens is 483 g/mol. The summed E-state index contributed by atoms with van der Waals surface area (Å²) in [6.45, 7) is 3.70. The number of urea groups is 1. The molecule has 2 aliphatic heterocycles. The highest BCUT2D eigenvalue weighted by Gasteiger charge is 2.43. The summed E-state index contributed by atoms with van der Waals surface area (Å²) in [5, 5.41) is 34.4. The van der Waals surface area contributed by atoms with Gasteiger partial charge in [-0.2, -0.15) is 5.26 Å². The van der Waals surface area contributed by atoms with Crippen LogP contribution in [0.15, 0.2) is 42.0 Å². The molecule has 200 valence electrons. The average molecular weight is 517 g/mol. The van der Waals surface area contributed by atoms with E-state index in [1.54, 1.807) is 18.7 Å².